The molecular weight excluding hydrogens is 138 g/mol. The molecule has 3 N–H and O–H groups in total. The van der Waals surface area contributed by atoms with E-state index in [1.54, 1.807) is 0 Å². The van der Waals surface area contributed by atoms with Gasteiger partial charge in [0.15, 0.2) is 0 Å². The number of nitrogens with two attached hydrogens (primary N) is 1. The van der Waals surface area contributed by atoms with Crippen molar-refractivity contribution in [1.82, 2.24) is 10.2 Å². The number of nitrogens with zero attached hydrogens (tertiary/aromatic N) is 1. The zero-order valence-corrected chi connectivity index (χ0v) is 6.72. The van der Waals surface area contributed by atoms with E-state index in [4.69, 9.17) is 5.73 Å². The Bertz CT molecular complexity index is 264. The van der Waals surface area contributed by atoms with E-state index in [1.807, 2.05) is 0 Å². The van der Waals surface area contributed by atoms with Gasteiger partial charge in [0.05, 0.1) is 5.69 Å². The molecule has 0 unspecified atom stereocenters. The Morgan fingerprint density at radius 2 is 2.55 bits per heavy atom. The number of fused-ring (bicyclic) bond motifs is 1. The summed E-state index contributed by atoms with van der Waals surface area (Å²) in [6, 6.07) is 0. The van der Waals surface area contributed by atoms with Crippen molar-refractivity contribution in [2.75, 3.05) is 0 Å². The molecule has 0 amide bonds. The minimum absolute atomic E-state index is 0.566. The van der Waals surface area contributed by atoms with Gasteiger partial charge < -0.3 is 5.73 Å². The highest BCUT2D eigenvalue weighted by atomic mass is 15.1. The standard InChI is InChI=1S/C8H13N3/c1-5-2-3-6-8(5)7(4-9)11-10-6/h5H,2-4,9H2,1H3,(H,10,11)/t5-/m1/s1. The zero-order chi connectivity index (χ0) is 7.84. The van der Waals surface area contributed by atoms with Gasteiger partial charge in [-0.3, -0.25) is 5.10 Å². The van der Waals surface area contributed by atoms with E-state index in [1.165, 1.54) is 17.7 Å². The Labute approximate surface area is 66.0 Å². The maximum atomic E-state index is 5.55. The fraction of sp³-hybridized carbons (Fsp3) is 0.625. The Morgan fingerprint density at radius 1 is 1.73 bits per heavy atom. The molecule has 1 aromatic heterocycles. The van der Waals surface area contributed by atoms with Crippen LogP contribution in [0.1, 0.15) is 36.2 Å². The molecule has 0 aliphatic heterocycles. The highest BCUT2D eigenvalue weighted by molar-refractivity contribution is 5.33. The SMILES string of the molecule is C[C@@H]1CCc2[nH]nc(CN)c21. The number of rotatable bonds is 1. The largest absolute Gasteiger partial charge is 0.325 e. The lowest BCUT2D eigenvalue weighted by molar-refractivity contribution is 0.720. The predicted molar refractivity (Wildman–Crippen MR) is 43.2 cm³/mol. The molecule has 0 fully saturated rings. The maximum Gasteiger partial charge on any atom is 0.0795 e. The first-order chi connectivity index (χ1) is 5.33. The number of aromatic amines is 1. The van der Waals surface area contributed by atoms with Crippen molar-refractivity contribution in [2.24, 2.45) is 5.73 Å². The third-order valence-corrected chi connectivity index (χ3v) is 2.48. The maximum absolute atomic E-state index is 5.55. The Hall–Kier alpha value is -0.830. The van der Waals surface area contributed by atoms with Gasteiger partial charge >= 0.3 is 0 Å². The fourth-order valence-electron chi connectivity index (χ4n) is 1.86. The van der Waals surface area contributed by atoms with Crippen LogP contribution in [-0.4, -0.2) is 10.2 Å². The zero-order valence-electron chi connectivity index (χ0n) is 6.72. The minimum atomic E-state index is 0.566. The van der Waals surface area contributed by atoms with E-state index in [2.05, 4.69) is 17.1 Å². The van der Waals surface area contributed by atoms with Crippen molar-refractivity contribution in [3.8, 4) is 0 Å². The van der Waals surface area contributed by atoms with Gasteiger partial charge in [-0.2, -0.15) is 5.10 Å². The topological polar surface area (TPSA) is 54.7 Å². The van der Waals surface area contributed by atoms with Gasteiger partial charge in [0.1, 0.15) is 0 Å². The van der Waals surface area contributed by atoms with Crippen LogP contribution >= 0.6 is 0 Å². The van der Waals surface area contributed by atoms with E-state index < -0.39 is 0 Å². The summed E-state index contributed by atoms with van der Waals surface area (Å²) in [5.74, 6) is 0.655. The fourth-order valence-corrected chi connectivity index (χ4v) is 1.86. The van der Waals surface area contributed by atoms with Crippen LogP contribution in [0.3, 0.4) is 0 Å². The Kier molecular flexibility index (Phi) is 1.46. The second-order valence-electron chi connectivity index (χ2n) is 3.21. The summed E-state index contributed by atoms with van der Waals surface area (Å²) in [4.78, 5) is 0. The number of aryl methyl sites for hydroxylation is 1. The molecule has 11 heavy (non-hydrogen) atoms. The normalized spacial score (nSPS) is 22.2. The molecule has 1 atom stereocenters. The van der Waals surface area contributed by atoms with Gasteiger partial charge in [-0.25, -0.2) is 0 Å². The summed E-state index contributed by atoms with van der Waals surface area (Å²) in [7, 11) is 0. The van der Waals surface area contributed by atoms with Gasteiger partial charge in [0.25, 0.3) is 0 Å². The third-order valence-electron chi connectivity index (χ3n) is 2.48. The van der Waals surface area contributed by atoms with Crippen molar-refractivity contribution in [1.29, 1.82) is 0 Å². The molecule has 0 aromatic carbocycles. The number of aromatic nitrogens is 2. The van der Waals surface area contributed by atoms with Crippen LogP contribution in [-0.2, 0) is 13.0 Å². The van der Waals surface area contributed by atoms with Crippen molar-refractivity contribution in [3.05, 3.63) is 17.0 Å². The van der Waals surface area contributed by atoms with E-state index in [-0.39, 0.29) is 0 Å². The minimum Gasteiger partial charge on any atom is -0.325 e. The number of hydrogen-bond acceptors (Lipinski definition) is 2. The van der Waals surface area contributed by atoms with Crippen LogP contribution < -0.4 is 5.73 Å². The molecule has 0 radical (unpaired) electrons. The highest BCUT2D eigenvalue weighted by Gasteiger charge is 2.23. The van der Waals surface area contributed by atoms with Crippen LogP contribution in [0.4, 0.5) is 0 Å². The predicted octanol–water partition coefficient (Wildman–Crippen LogP) is 0.918. The summed E-state index contributed by atoms with van der Waals surface area (Å²) in [6.07, 6.45) is 2.39. The van der Waals surface area contributed by atoms with Crippen LogP contribution in [0.25, 0.3) is 0 Å². The number of nitrogens with one attached hydrogen (secondary N) is 1. The van der Waals surface area contributed by atoms with Gasteiger partial charge in [-0.1, -0.05) is 6.92 Å². The van der Waals surface area contributed by atoms with Crippen LogP contribution in [0.2, 0.25) is 0 Å². The van der Waals surface area contributed by atoms with E-state index >= 15 is 0 Å². The van der Waals surface area contributed by atoms with Crippen molar-refractivity contribution in [3.63, 3.8) is 0 Å². The molecule has 0 saturated heterocycles. The number of hydrogen-bond donors (Lipinski definition) is 2. The van der Waals surface area contributed by atoms with Gasteiger partial charge in [0, 0.05) is 17.8 Å². The average Bonchev–Trinajstić information content (AvgIpc) is 2.54. The Balaban J connectivity index is 2.46. The third kappa shape index (κ3) is 0.878. The van der Waals surface area contributed by atoms with Crippen molar-refractivity contribution < 1.29 is 0 Å². The van der Waals surface area contributed by atoms with E-state index in [0.717, 1.165) is 12.1 Å². The van der Waals surface area contributed by atoms with E-state index in [9.17, 15) is 0 Å². The summed E-state index contributed by atoms with van der Waals surface area (Å²) in [5.41, 5.74) is 9.29. The van der Waals surface area contributed by atoms with Gasteiger partial charge in [0.2, 0.25) is 0 Å². The molecule has 2 rings (SSSR count). The molecule has 1 aliphatic carbocycles. The lowest BCUT2D eigenvalue weighted by Crippen LogP contribution is -2.01. The first kappa shape index (κ1) is 6.85. The molecule has 1 aromatic rings. The van der Waals surface area contributed by atoms with Gasteiger partial charge in [-0.05, 0) is 18.8 Å². The van der Waals surface area contributed by atoms with E-state index in [0.29, 0.717) is 12.5 Å². The highest BCUT2D eigenvalue weighted by Crippen LogP contribution is 2.33. The molecular formula is C8H13N3. The molecule has 0 spiro atoms. The molecule has 60 valence electrons. The summed E-state index contributed by atoms with van der Waals surface area (Å²) < 4.78 is 0. The van der Waals surface area contributed by atoms with Crippen LogP contribution in [0.15, 0.2) is 0 Å². The molecule has 0 saturated carbocycles. The first-order valence-electron chi connectivity index (χ1n) is 4.09. The molecule has 3 nitrogen and oxygen atoms in total. The monoisotopic (exact) mass is 151 g/mol. The smallest absolute Gasteiger partial charge is 0.0795 e. The van der Waals surface area contributed by atoms with Crippen molar-refractivity contribution in [2.45, 2.75) is 32.2 Å². The molecule has 1 heterocycles. The van der Waals surface area contributed by atoms with Gasteiger partial charge in [-0.15, -0.1) is 0 Å². The van der Waals surface area contributed by atoms with Crippen LogP contribution in [0.5, 0.6) is 0 Å². The van der Waals surface area contributed by atoms with Crippen molar-refractivity contribution >= 4 is 0 Å². The lowest BCUT2D eigenvalue weighted by Gasteiger charge is -2.01. The summed E-state index contributed by atoms with van der Waals surface area (Å²) in [6.45, 7) is 2.80. The summed E-state index contributed by atoms with van der Waals surface area (Å²) >= 11 is 0. The lowest BCUT2D eigenvalue weighted by atomic mass is 10.0. The quantitative estimate of drug-likeness (QED) is 0.627. The average molecular weight is 151 g/mol. The second kappa shape index (κ2) is 2.34. The number of H-pyrrole nitrogens is 1. The first-order valence-corrected chi connectivity index (χ1v) is 4.09. The molecule has 1 aliphatic rings. The van der Waals surface area contributed by atoms with Crippen LogP contribution in [0, 0.1) is 0 Å². The Morgan fingerprint density at radius 3 is 3.27 bits per heavy atom. The molecule has 3 heteroatoms. The summed E-state index contributed by atoms with van der Waals surface area (Å²) in [5, 5.41) is 7.19. The second-order valence-corrected chi connectivity index (χ2v) is 3.21. The molecule has 0 bridgehead atoms.